The number of rotatable bonds is 2. The van der Waals surface area contributed by atoms with Gasteiger partial charge in [-0.15, -0.1) is 0 Å². The van der Waals surface area contributed by atoms with E-state index >= 15 is 0 Å². The highest BCUT2D eigenvalue weighted by molar-refractivity contribution is 6.58. The number of fused-ring (bicyclic) bond motifs is 1. The lowest BCUT2D eigenvalue weighted by Gasteiger charge is -2.03. The Morgan fingerprint density at radius 3 is 2.69 bits per heavy atom. The Hall–Kier alpha value is -1.43. The average molecular weight is 235 g/mol. The minimum atomic E-state index is -1.54. The summed E-state index contributed by atoms with van der Waals surface area (Å²) in [4.78, 5) is 14.7. The van der Waals surface area contributed by atoms with Crippen LogP contribution in [0.15, 0.2) is 24.3 Å². The molecule has 2 aromatic rings. The van der Waals surface area contributed by atoms with Gasteiger partial charge in [0, 0.05) is 5.39 Å². The van der Waals surface area contributed by atoms with E-state index in [9.17, 15) is 4.79 Å². The van der Waals surface area contributed by atoms with Crippen LogP contribution in [0.25, 0.3) is 10.9 Å². The quantitative estimate of drug-likeness (QED) is 0.448. The topological polar surface area (TPSA) is 70.4 Å². The van der Waals surface area contributed by atoms with E-state index in [2.05, 4.69) is 4.98 Å². The van der Waals surface area contributed by atoms with Crippen LogP contribution in [-0.4, -0.2) is 28.4 Å². The maximum Gasteiger partial charge on any atom is 0.488 e. The molecule has 0 fully saturated rings. The van der Waals surface area contributed by atoms with Crippen molar-refractivity contribution in [1.29, 1.82) is 0 Å². The molecule has 0 saturated heterocycles. The van der Waals surface area contributed by atoms with Gasteiger partial charge in [0.1, 0.15) is 5.15 Å². The summed E-state index contributed by atoms with van der Waals surface area (Å²) in [6.07, 6.45) is 0.608. The van der Waals surface area contributed by atoms with Gasteiger partial charge in [0.2, 0.25) is 0 Å². The SMILES string of the molecule is O=Cc1cc2cc(B(O)O)ccc2nc1Cl. The monoisotopic (exact) mass is 235 g/mol. The number of pyridine rings is 1. The molecule has 1 aromatic heterocycles. The number of hydrogen-bond acceptors (Lipinski definition) is 4. The van der Waals surface area contributed by atoms with Crippen LogP contribution >= 0.6 is 11.6 Å². The molecule has 1 aromatic carbocycles. The van der Waals surface area contributed by atoms with Crippen molar-refractivity contribution in [2.75, 3.05) is 0 Å². The zero-order chi connectivity index (χ0) is 11.7. The summed E-state index contributed by atoms with van der Waals surface area (Å²) in [5.41, 5.74) is 1.22. The van der Waals surface area contributed by atoms with Gasteiger partial charge in [0.15, 0.2) is 6.29 Å². The molecule has 0 bridgehead atoms. The third-order valence-electron chi connectivity index (χ3n) is 2.24. The van der Waals surface area contributed by atoms with E-state index in [-0.39, 0.29) is 10.7 Å². The summed E-state index contributed by atoms with van der Waals surface area (Å²) >= 11 is 5.76. The molecule has 0 spiro atoms. The average Bonchev–Trinajstić information content (AvgIpc) is 2.27. The van der Waals surface area contributed by atoms with Gasteiger partial charge in [-0.25, -0.2) is 4.98 Å². The lowest BCUT2D eigenvalue weighted by atomic mass is 9.80. The van der Waals surface area contributed by atoms with Gasteiger partial charge < -0.3 is 10.0 Å². The Kier molecular flexibility index (Phi) is 2.91. The van der Waals surface area contributed by atoms with Crippen molar-refractivity contribution in [2.45, 2.75) is 0 Å². The number of halogens is 1. The summed E-state index contributed by atoms with van der Waals surface area (Å²) in [5, 5.41) is 18.8. The second-order valence-corrected chi connectivity index (χ2v) is 3.67. The molecule has 1 heterocycles. The molecular formula is C10H7BClNO3. The lowest BCUT2D eigenvalue weighted by Crippen LogP contribution is -2.29. The molecule has 0 aliphatic rings. The fourth-order valence-corrected chi connectivity index (χ4v) is 1.62. The van der Waals surface area contributed by atoms with E-state index in [1.165, 1.54) is 6.07 Å². The summed E-state index contributed by atoms with van der Waals surface area (Å²) in [5.74, 6) is 0. The number of benzene rings is 1. The van der Waals surface area contributed by atoms with Crippen molar-refractivity contribution < 1.29 is 14.8 Å². The van der Waals surface area contributed by atoms with Crippen molar-refractivity contribution in [1.82, 2.24) is 4.98 Å². The maximum absolute atomic E-state index is 10.7. The smallest absolute Gasteiger partial charge is 0.423 e. The minimum Gasteiger partial charge on any atom is -0.423 e. The van der Waals surface area contributed by atoms with Crippen LogP contribution in [0.4, 0.5) is 0 Å². The highest BCUT2D eigenvalue weighted by Gasteiger charge is 2.12. The molecular weight excluding hydrogens is 228 g/mol. The fraction of sp³-hybridized carbons (Fsp3) is 0. The number of hydrogen-bond donors (Lipinski definition) is 2. The Balaban J connectivity index is 2.68. The van der Waals surface area contributed by atoms with E-state index in [0.717, 1.165) is 0 Å². The van der Waals surface area contributed by atoms with Crippen molar-refractivity contribution >= 4 is 41.4 Å². The predicted octanol–water partition coefficient (Wildman–Crippen LogP) is 0.381. The zero-order valence-electron chi connectivity index (χ0n) is 8.09. The second-order valence-electron chi connectivity index (χ2n) is 3.31. The van der Waals surface area contributed by atoms with Crippen molar-refractivity contribution in [3.63, 3.8) is 0 Å². The number of aldehydes is 1. The van der Waals surface area contributed by atoms with E-state index in [0.29, 0.717) is 22.7 Å². The van der Waals surface area contributed by atoms with Crippen molar-refractivity contribution in [2.24, 2.45) is 0 Å². The standard InChI is InChI=1S/C10H7BClNO3/c12-10-7(5-14)3-6-4-8(11(15)16)1-2-9(6)13-10/h1-5,15-16H. The highest BCUT2D eigenvalue weighted by atomic mass is 35.5. The number of carbonyl (C=O) groups is 1. The predicted molar refractivity (Wildman–Crippen MR) is 62.0 cm³/mol. The summed E-state index contributed by atoms with van der Waals surface area (Å²) in [6.45, 7) is 0. The molecule has 0 saturated carbocycles. The van der Waals surface area contributed by atoms with E-state index in [1.807, 2.05) is 0 Å². The number of carbonyl (C=O) groups excluding carboxylic acids is 1. The van der Waals surface area contributed by atoms with Crippen LogP contribution in [0.5, 0.6) is 0 Å². The molecule has 0 amide bonds. The normalized spacial score (nSPS) is 10.4. The van der Waals surface area contributed by atoms with Gasteiger partial charge in [-0.1, -0.05) is 23.7 Å². The molecule has 0 atom stereocenters. The first-order valence-electron chi connectivity index (χ1n) is 4.53. The van der Waals surface area contributed by atoms with Crippen molar-refractivity contribution in [3.8, 4) is 0 Å². The Labute approximate surface area is 96.6 Å². The van der Waals surface area contributed by atoms with Gasteiger partial charge in [-0.3, -0.25) is 4.79 Å². The molecule has 4 nitrogen and oxygen atoms in total. The molecule has 0 aliphatic carbocycles. The van der Waals surface area contributed by atoms with Crippen LogP contribution in [0.2, 0.25) is 5.15 Å². The lowest BCUT2D eigenvalue weighted by molar-refractivity contribution is 0.112. The molecule has 6 heteroatoms. The molecule has 16 heavy (non-hydrogen) atoms. The summed E-state index contributed by atoms with van der Waals surface area (Å²) < 4.78 is 0. The van der Waals surface area contributed by atoms with Crippen LogP contribution in [-0.2, 0) is 0 Å². The van der Waals surface area contributed by atoms with Gasteiger partial charge in [0.05, 0.1) is 11.1 Å². The van der Waals surface area contributed by atoms with Crippen LogP contribution in [0.1, 0.15) is 10.4 Å². The second kappa shape index (κ2) is 4.21. The highest BCUT2D eigenvalue weighted by Crippen LogP contribution is 2.18. The first kappa shape index (κ1) is 11.1. The van der Waals surface area contributed by atoms with Gasteiger partial charge >= 0.3 is 7.12 Å². The molecule has 2 rings (SSSR count). The maximum atomic E-state index is 10.7. The summed E-state index contributed by atoms with van der Waals surface area (Å²) in [6, 6.07) is 6.27. The number of aromatic nitrogens is 1. The van der Waals surface area contributed by atoms with Crippen LogP contribution in [0, 0.1) is 0 Å². The Morgan fingerprint density at radius 2 is 2.06 bits per heavy atom. The third-order valence-corrected chi connectivity index (χ3v) is 2.55. The Morgan fingerprint density at radius 1 is 1.31 bits per heavy atom. The third kappa shape index (κ3) is 1.93. The van der Waals surface area contributed by atoms with Crippen LogP contribution < -0.4 is 5.46 Å². The minimum absolute atomic E-state index is 0.139. The van der Waals surface area contributed by atoms with Gasteiger partial charge in [0.25, 0.3) is 0 Å². The Bertz CT molecular complexity index is 559. The molecule has 0 aliphatic heterocycles. The molecule has 80 valence electrons. The largest absolute Gasteiger partial charge is 0.488 e. The first-order valence-corrected chi connectivity index (χ1v) is 4.91. The van der Waals surface area contributed by atoms with Crippen LogP contribution in [0.3, 0.4) is 0 Å². The van der Waals surface area contributed by atoms with E-state index in [1.54, 1.807) is 18.2 Å². The number of nitrogens with zero attached hydrogens (tertiary/aromatic N) is 1. The first-order chi connectivity index (χ1) is 7.61. The molecule has 0 unspecified atom stereocenters. The molecule has 0 radical (unpaired) electrons. The van der Waals surface area contributed by atoms with E-state index in [4.69, 9.17) is 21.6 Å². The fourth-order valence-electron chi connectivity index (χ4n) is 1.43. The zero-order valence-corrected chi connectivity index (χ0v) is 8.85. The molecule has 2 N–H and O–H groups in total. The van der Waals surface area contributed by atoms with E-state index < -0.39 is 7.12 Å². The van der Waals surface area contributed by atoms with Gasteiger partial charge in [-0.2, -0.15) is 0 Å². The van der Waals surface area contributed by atoms with Crippen molar-refractivity contribution in [3.05, 3.63) is 35.0 Å². The summed E-state index contributed by atoms with van der Waals surface area (Å²) in [7, 11) is -1.54. The van der Waals surface area contributed by atoms with Gasteiger partial charge in [-0.05, 0) is 17.6 Å².